The third-order valence-corrected chi connectivity index (χ3v) is 0.645. The number of hydrogen-bond acceptors (Lipinski definition) is 2. The molecule has 0 aromatic heterocycles. The lowest BCUT2D eigenvalue weighted by atomic mass is 10.9. The average Bonchev–Trinajstić information content (AvgIpc) is 1.94. The molecule has 4 heteroatoms. The zero-order valence-electron chi connectivity index (χ0n) is 4.09. The Bertz CT molecular complexity index is 133. The lowest BCUT2D eigenvalue weighted by Gasteiger charge is -1.90. The van der Waals surface area contributed by atoms with E-state index in [-0.39, 0.29) is 6.03 Å². The topological polar surface area (TPSA) is 53.5 Å². The van der Waals surface area contributed by atoms with E-state index >= 15 is 0 Å². The molecule has 0 saturated carbocycles. The van der Waals surface area contributed by atoms with Gasteiger partial charge in [0.1, 0.15) is 0 Å². The van der Waals surface area contributed by atoms with Crippen LogP contribution in [0.3, 0.4) is 0 Å². The first-order chi connectivity index (χ1) is 3.89. The Balaban J connectivity index is 2.58. The van der Waals surface area contributed by atoms with Gasteiger partial charge in [0.05, 0.1) is 6.34 Å². The van der Waals surface area contributed by atoms with Crippen molar-refractivity contribution in [3.63, 3.8) is 0 Å². The number of nitrogens with one attached hydrogen (secondary N) is 2. The number of rotatable bonds is 0. The molecule has 1 aliphatic heterocycles. The van der Waals surface area contributed by atoms with Crippen molar-refractivity contribution in [1.82, 2.24) is 10.6 Å². The molecule has 2 amide bonds. The van der Waals surface area contributed by atoms with Crippen molar-refractivity contribution in [1.29, 1.82) is 0 Å². The summed E-state index contributed by atoms with van der Waals surface area (Å²) in [5.74, 6) is 0. The van der Waals surface area contributed by atoms with Crippen LogP contribution in [0.4, 0.5) is 4.79 Å². The molecule has 0 saturated heterocycles. The Hall–Kier alpha value is -1.32. The third-order valence-electron chi connectivity index (χ3n) is 0.645. The molecule has 4 nitrogen and oxygen atoms in total. The number of urea groups is 1. The van der Waals surface area contributed by atoms with Crippen LogP contribution in [-0.4, -0.2) is 12.4 Å². The van der Waals surface area contributed by atoms with Gasteiger partial charge in [0.15, 0.2) is 0 Å². The summed E-state index contributed by atoms with van der Waals surface area (Å²) in [5, 5.41) is 4.73. The first kappa shape index (κ1) is 4.83. The van der Waals surface area contributed by atoms with E-state index in [1.807, 2.05) is 0 Å². The van der Waals surface area contributed by atoms with Crippen molar-refractivity contribution >= 4 is 12.4 Å². The van der Waals surface area contributed by atoms with Crippen LogP contribution in [0.5, 0.6) is 0 Å². The van der Waals surface area contributed by atoms with Crippen LogP contribution in [0.25, 0.3) is 0 Å². The van der Waals surface area contributed by atoms with Crippen LogP contribution >= 0.6 is 0 Å². The van der Waals surface area contributed by atoms with Crippen molar-refractivity contribution in [3.8, 4) is 0 Å². The molecule has 42 valence electrons. The fourth-order valence-corrected chi connectivity index (χ4v) is 0.337. The van der Waals surface area contributed by atoms with Gasteiger partial charge in [0.25, 0.3) is 0 Å². The Kier molecular flexibility index (Phi) is 1.27. The van der Waals surface area contributed by atoms with Crippen molar-refractivity contribution in [2.24, 2.45) is 4.99 Å². The van der Waals surface area contributed by atoms with Gasteiger partial charge < -0.3 is 5.32 Å². The zero-order chi connectivity index (χ0) is 5.82. The van der Waals surface area contributed by atoms with Crippen LogP contribution < -0.4 is 10.6 Å². The molecule has 0 spiro atoms. The van der Waals surface area contributed by atoms with Gasteiger partial charge in [0.2, 0.25) is 0 Å². The van der Waals surface area contributed by atoms with E-state index in [1.54, 1.807) is 0 Å². The summed E-state index contributed by atoms with van der Waals surface area (Å²) < 4.78 is 0. The monoisotopic (exact) mass is 111 g/mol. The quantitative estimate of drug-likeness (QED) is 0.447. The van der Waals surface area contributed by atoms with Gasteiger partial charge in [-0.3, -0.25) is 5.32 Å². The molecule has 0 aliphatic carbocycles. The largest absolute Gasteiger partial charge is 0.323 e. The number of aliphatic imine (C=N–C) groups is 1. The van der Waals surface area contributed by atoms with E-state index < -0.39 is 0 Å². The summed E-state index contributed by atoms with van der Waals surface area (Å²) in [6.07, 6.45) is 4.26. The van der Waals surface area contributed by atoms with Gasteiger partial charge in [-0.15, -0.1) is 0 Å². The van der Waals surface area contributed by atoms with Gasteiger partial charge in [-0.2, -0.15) is 0 Å². The summed E-state index contributed by atoms with van der Waals surface area (Å²) in [5.41, 5.74) is 0. The highest BCUT2D eigenvalue weighted by Gasteiger charge is 1.91. The Morgan fingerprint density at radius 2 is 2.38 bits per heavy atom. The summed E-state index contributed by atoms with van der Waals surface area (Å²) in [4.78, 5) is 13.9. The van der Waals surface area contributed by atoms with E-state index in [4.69, 9.17) is 0 Å². The van der Waals surface area contributed by atoms with Crippen molar-refractivity contribution < 1.29 is 4.79 Å². The second-order valence-corrected chi connectivity index (χ2v) is 1.21. The zero-order valence-corrected chi connectivity index (χ0v) is 4.09. The van der Waals surface area contributed by atoms with Crippen LogP contribution in [-0.2, 0) is 0 Å². The molecule has 0 fully saturated rings. The number of carbonyl (C=O) groups excluding carboxylic acids is 1. The molecule has 2 N–H and O–H groups in total. The fraction of sp³-hybridized carbons (Fsp3) is 0. The molecule has 1 aliphatic rings. The molecular formula is C4H5N3O. The molecule has 0 atom stereocenters. The third kappa shape index (κ3) is 1.07. The van der Waals surface area contributed by atoms with E-state index in [1.165, 1.54) is 18.7 Å². The summed E-state index contributed by atoms with van der Waals surface area (Å²) in [7, 11) is 0. The molecule has 0 radical (unpaired) electrons. The van der Waals surface area contributed by atoms with Gasteiger partial charge in [-0.05, 0) is 0 Å². The predicted octanol–water partition coefficient (Wildman–Crippen LogP) is -0.201. The standard InChI is InChI=1S/C4H5N3O/c8-4-6-2-1-5-3-7-4/h1-3H,(H2,5,6,7,8). The van der Waals surface area contributed by atoms with Crippen LogP contribution in [0.1, 0.15) is 0 Å². The lowest BCUT2D eigenvalue weighted by molar-refractivity contribution is 0.249. The first-order valence-corrected chi connectivity index (χ1v) is 2.13. The second kappa shape index (κ2) is 2.11. The lowest BCUT2D eigenvalue weighted by Crippen LogP contribution is -2.29. The molecule has 1 heterocycles. The van der Waals surface area contributed by atoms with Gasteiger partial charge >= 0.3 is 6.03 Å². The Morgan fingerprint density at radius 1 is 1.50 bits per heavy atom. The number of hydrogen-bond donors (Lipinski definition) is 2. The van der Waals surface area contributed by atoms with Gasteiger partial charge in [-0.25, -0.2) is 9.79 Å². The molecule has 8 heavy (non-hydrogen) atoms. The number of amides is 2. The normalized spacial score (nSPS) is 16.8. The maximum atomic E-state index is 10.3. The van der Waals surface area contributed by atoms with E-state index in [0.717, 1.165) is 0 Å². The smallest absolute Gasteiger partial charge is 0.313 e. The summed E-state index contributed by atoms with van der Waals surface area (Å²) in [6.45, 7) is 0. The maximum absolute atomic E-state index is 10.3. The van der Waals surface area contributed by atoms with Gasteiger partial charge in [-0.1, -0.05) is 0 Å². The second-order valence-electron chi connectivity index (χ2n) is 1.21. The minimum Gasteiger partial charge on any atom is -0.313 e. The first-order valence-electron chi connectivity index (χ1n) is 2.13. The molecular weight excluding hydrogens is 106 g/mol. The molecule has 1 rings (SSSR count). The maximum Gasteiger partial charge on any atom is 0.323 e. The molecule has 0 unspecified atom stereocenters. The van der Waals surface area contributed by atoms with E-state index in [2.05, 4.69) is 15.6 Å². The Morgan fingerprint density at radius 3 is 3.25 bits per heavy atom. The van der Waals surface area contributed by atoms with E-state index in [9.17, 15) is 4.79 Å². The van der Waals surface area contributed by atoms with Crippen molar-refractivity contribution in [2.75, 3.05) is 0 Å². The minimum atomic E-state index is -0.262. The van der Waals surface area contributed by atoms with E-state index in [0.29, 0.717) is 0 Å². The Labute approximate surface area is 46.3 Å². The summed E-state index contributed by atoms with van der Waals surface area (Å²) in [6, 6.07) is -0.262. The molecule has 0 aromatic rings. The predicted molar refractivity (Wildman–Crippen MR) is 29.3 cm³/mol. The van der Waals surface area contributed by atoms with Crippen LogP contribution in [0.2, 0.25) is 0 Å². The van der Waals surface area contributed by atoms with Crippen LogP contribution in [0.15, 0.2) is 17.4 Å². The SMILES string of the molecule is O=C1NC=CN=CN1. The highest BCUT2D eigenvalue weighted by atomic mass is 16.2. The van der Waals surface area contributed by atoms with Crippen molar-refractivity contribution in [2.45, 2.75) is 0 Å². The number of nitrogens with zero attached hydrogens (tertiary/aromatic N) is 1. The van der Waals surface area contributed by atoms with Crippen molar-refractivity contribution in [3.05, 3.63) is 12.4 Å². The molecule has 0 aromatic carbocycles. The minimum absolute atomic E-state index is 0.262. The molecule has 0 bridgehead atoms. The fourth-order valence-electron chi connectivity index (χ4n) is 0.337. The summed E-state index contributed by atoms with van der Waals surface area (Å²) >= 11 is 0. The van der Waals surface area contributed by atoms with Crippen LogP contribution in [0, 0.1) is 0 Å². The average molecular weight is 111 g/mol. The highest BCUT2D eigenvalue weighted by Crippen LogP contribution is 1.73. The number of carbonyl (C=O) groups is 1. The highest BCUT2D eigenvalue weighted by molar-refractivity contribution is 5.87. The van der Waals surface area contributed by atoms with Gasteiger partial charge in [0, 0.05) is 12.4 Å².